The lowest BCUT2D eigenvalue weighted by Crippen LogP contribution is -2.49. The van der Waals surface area contributed by atoms with Gasteiger partial charge in [-0.1, -0.05) is 0 Å². The largest absolute Gasteiger partial charge is 0.349 e. The number of halogens is 1. The average molecular weight is 455 g/mol. The molecule has 3 atom stereocenters. The first-order valence-corrected chi connectivity index (χ1v) is 10.6. The molecule has 1 aliphatic heterocycles. The average Bonchev–Trinajstić information content (AvgIpc) is 3.26. The Morgan fingerprint density at radius 3 is 2.73 bits per heavy atom. The Kier molecular flexibility index (Phi) is 4.87. The quantitative estimate of drug-likeness (QED) is 0.541. The number of nitrogens with zero attached hydrogens (tertiary/aromatic N) is 6. The number of hydrogen-bond donors (Lipinski definition) is 1. The van der Waals surface area contributed by atoms with Crippen molar-refractivity contribution >= 4 is 23.0 Å². The third-order valence-corrected chi connectivity index (χ3v) is 6.48. The smallest absolute Gasteiger partial charge is 0.332 e. The van der Waals surface area contributed by atoms with Gasteiger partial charge < -0.3 is 14.8 Å². The molecule has 1 saturated carbocycles. The van der Waals surface area contributed by atoms with E-state index in [-0.39, 0.29) is 53.7 Å². The van der Waals surface area contributed by atoms with Gasteiger partial charge in [-0.25, -0.2) is 14.2 Å². The molecule has 12 heteroatoms. The minimum Gasteiger partial charge on any atom is -0.349 e. The summed E-state index contributed by atoms with van der Waals surface area (Å²) in [4.78, 5) is 60.5. The molecule has 2 amide bonds. The summed E-state index contributed by atoms with van der Waals surface area (Å²) < 4.78 is 17.4. The number of hydrogen-bond acceptors (Lipinski definition) is 6. The van der Waals surface area contributed by atoms with E-state index in [0.29, 0.717) is 6.42 Å². The number of amides is 2. The number of imidazole rings is 1. The van der Waals surface area contributed by atoms with Crippen LogP contribution in [-0.4, -0.2) is 52.5 Å². The predicted molar refractivity (Wildman–Crippen MR) is 113 cm³/mol. The van der Waals surface area contributed by atoms with Crippen molar-refractivity contribution in [3.8, 4) is 0 Å². The minimum absolute atomic E-state index is 0.0261. The molecule has 33 heavy (non-hydrogen) atoms. The number of fused-ring (bicyclic) bond motifs is 2. The predicted octanol–water partition coefficient (Wildman–Crippen LogP) is -0.726. The van der Waals surface area contributed by atoms with Gasteiger partial charge in [-0.15, -0.1) is 0 Å². The molecule has 0 unspecified atom stereocenters. The van der Waals surface area contributed by atoms with Gasteiger partial charge >= 0.3 is 5.69 Å². The molecule has 1 aliphatic carbocycles. The Bertz CT molecular complexity index is 1410. The molecule has 2 aliphatic rings. The van der Waals surface area contributed by atoms with Crippen molar-refractivity contribution in [1.29, 1.82) is 0 Å². The van der Waals surface area contributed by atoms with Crippen LogP contribution in [0.3, 0.4) is 0 Å². The summed E-state index contributed by atoms with van der Waals surface area (Å²) >= 11 is 0. The van der Waals surface area contributed by atoms with E-state index in [1.54, 1.807) is 4.90 Å². The number of aromatic nitrogens is 5. The summed E-state index contributed by atoms with van der Waals surface area (Å²) in [5.74, 6) is -0.943. The van der Waals surface area contributed by atoms with Gasteiger partial charge in [0, 0.05) is 26.3 Å². The summed E-state index contributed by atoms with van der Waals surface area (Å²) in [6.45, 7) is -0.262. The van der Waals surface area contributed by atoms with Crippen LogP contribution in [0.5, 0.6) is 0 Å². The van der Waals surface area contributed by atoms with Crippen molar-refractivity contribution in [3.05, 3.63) is 57.0 Å². The van der Waals surface area contributed by atoms with Gasteiger partial charge in [0.2, 0.25) is 11.8 Å². The maximum Gasteiger partial charge on any atom is 0.332 e. The molecule has 3 aromatic rings. The van der Waals surface area contributed by atoms with E-state index in [1.165, 1.54) is 47.9 Å². The van der Waals surface area contributed by atoms with Gasteiger partial charge in [-0.2, -0.15) is 0 Å². The van der Waals surface area contributed by atoms with E-state index in [1.807, 2.05) is 0 Å². The maximum absolute atomic E-state index is 13.8. The Morgan fingerprint density at radius 1 is 1.18 bits per heavy atom. The highest BCUT2D eigenvalue weighted by Crippen LogP contribution is 2.48. The normalized spacial score (nSPS) is 21.3. The van der Waals surface area contributed by atoms with Crippen LogP contribution in [0, 0.1) is 11.7 Å². The van der Waals surface area contributed by atoms with Gasteiger partial charge in [0.25, 0.3) is 5.56 Å². The van der Waals surface area contributed by atoms with Crippen molar-refractivity contribution in [3.63, 3.8) is 0 Å². The standard InChI is InChI=1S/C21H22FN7O4/c1-26-18-17(20(32)27(2)21(26)33)28(10-25-18)9-16(30)29-14-6-11(14)7-15(29)19(31)24-8-13-12(22)4-3-5-23-13/h3-5,10-11,14-15H,6-9H2,1-2H3,(H,24,31)/t11-,14+,15+/m0/s1. The summed E-state index contributed by atoms with van der Waals surface area (Å²) in [5, 5.41) is 2.68. The lowest BCUT2D eigenvalue weighted by atomic mass is 10.1. The number of rotatable bonds is 5. The molecule has 0 radical (unpaired) electrons. The number of carbonyl (C=O) groups excluding carboxylic acids is 2. The van der Waals surface area contributed by atoms with E-state index in [2.05, 4.69) is 15.3 Å². The number of aryl methyl sites for hydroxylation is 1. The van der Waals surface area contributed by atoms with E-state index < -0.39 is 23.1 Å². The molecule has 0 spiro atoms. The fourth-order valence-electron chi connectivity index (χ4n) is 4.63. The third kappa shape index (κ3) is 3.41. The summed E-state index contributed by atoms with van der Waals surface area (Å²) in [7, 11) is 2.87. The van der Waals surface area contributed by atoms with Crippen LogP contribution in [-0.2, 0) is 36.8 Å². The zero-order chi connectivity index (χ0) is 23.4. The number of likely N-dealkylation sites (tertiary alicyclic amines) is 1. The van der Waals surface area contributed by atoms with Gasteiger partial charge in [-0.05, 0) is 30.9 Å². The van der Waals surface area contributed by atoms with Crippen molar-refractivity contribution in [2.24, 2.45) is 20.0 Å². The van der Waals surface area contributed by atoms with E-state index in [4.69, 9.17) is 0 Å². The third-order valence-electron chi connectivity index (χ3n) is 6.48. The second-order valence-corrected chi connectivity index (χ2v) is 8.52. The molecule has 1 N–H and O–H groups in total. The second-order valence-electron chi connectivity index (χ2n) is 8.52. The van der Waals surface area contributed by atoms with Crippen LogP contribution in [0.4, 0.5) is 4.39 Å². The fraction of sp³-hybridized carbons (Fsp3) is 0.429. The summed E-state index contributed by atoms with van der Waals surface area (Å²) in [6.07, 6.45) is 4.16. The molecule has 5 rings (SSSR count). The Balaban J connectivity index is 1.36. The van der Waals surface area contributed by atoms with Crippen molar-refractivity contribution in [2.75, 3.05) is 0 Å². The van der Waals surface area contributed by atoms with Crippen LogP contribution >= 0.6 is 0 Å². The molecule has 172 valence electrons. The fourth-order valence-corrected chi connectivity index (χ4v) is 4.63. The zero-order valence-corrected chi connectivity index (χ0v) is 18.1. The molecule has 3 aromatic heterocycles. The monoisotopic (exact) mass is 455 g/mol. The number of carbonyl (C=O) groups is 2. The highest BCUT2D eigenvalue weighted by atomic mass is 19.1. The van der Waals surface area contributed by atoms with Crippen LogP contribution in [0.1, 0.15) is 18.5 Å². The number of piperidine rings is 1. The summed E-state index contributed by atoms with van der Waals surface area (Å²) in [6, 6.07) is 2.04. The molecular formula is C21H22FN7O4. The van der Waals surface area contributed by atoms with Gasteiger partial charge in [0.15, 0.2) is 11.2 Å². The molecule has 11 nitrogen and oxygen atoms in total. The maximum atomic E-state index is 13.8. The molecule has 1 saturated heterocycles. The lowest BCUT2D eigenvalue weighted by Gasteiger charge is -2.27. The van der Waals surface area contributed by atoms with E-state index in [0.717, 1.165) is 11.0 Å². The van der Waals surface area contributed by atoms with Gasteiger partial charge in [-0.3, -0.25) is 28.5 Å². The molecule has 2 fully saturated rings. The van der Waals surface area contributed by atoms with Crippen LogP contribution in [0.25, 0.3) is 11.2 Å². The Hall–Kier alpha value is -3.83. The molecule has 0 aromatic carbocycles. The van der Waals surface area contributed by atoms with Crippen molar-refractivity contribution in [2.45, 2.75) is 38.0 Å². The SMILES string of the molecule is Cn1c(=O)c2c(ncn2CC(=O)N2[C@@H](C(=O)NCc3ncccc3F)C[C@@H]3C[C@H]32)n(C)c1=O. The van der Waals surface area contributed by atoms with Gasteiger partial charge in [0.05, 0.1) is 18.6 Å². The minimum atomic E-state index is -0.671. The lowest BCUT2D eigenvalue weighted by molar-refractivity contribution is -0.140. The highest BCUT2D eigenvalue weighted by Gasteiger charge is 2.55. The Labute approximate surface area is 186 Å². The highest BCUT2D eigenvalue weighted by molar-refractivity contribution is 5.89. The first-order valence-electron chi connectivity index (χ1n) is 10.6. The first-order chi connectivity index (χ1) is 15.8. The van der Waals surface area contributed by atoms with Crippen LogP contribution in [0.15, 0.2) is 34.2 Å². The zero-order valence-electron chi connectivity index (χ0n) is 18.1. The van der Waals surface area contributed by atoms with Crippen LogP contribution in [0.2, 0.25) is 0 Å². The van der Waals surface area contributed by atoms with Crippen molar-refractivity contribution in [1.82, 2.24) is 33.9 Å². The number of pyridine rings is 1. The molecular weight excluding hydrogens is 433 g/mol. The van der Waals surface area contributed by atoms with Gasteiger partial charge in [0.1, 0.15) is 18.4 Å². The number of nitrogens with one attached hydrogen (secondary N) is 1. The molecule has 0 bridgehead atoms. The van der Waals surface area contributed by atoms with E-state index in [9.17, 15) is 23.6 Å². The summed E-state index contributed by atoms with van der Waals surface area (Å²) in [5.41, 5.74) is -0.598. The molecule has 4 heterocycles. The topological polar surface area (TPSA) is 124 Å². The van der Waals surface area contributed by atoms with Crippen LogP contribution < -0.4 is 16.6 Å². The first kappa shape index (κ1) is 21.0. The van der Waals surface area contributed by atoms with E-state index >= 15 is 0 Å². The Morgan fingerprint density at radius 2 is 1.97 bits per heavy atom. The van der Waals surface area contributed by atoms with Crippen molar-refractivity contribution < 1.29 is 14.0 Å². The second kappa shape index (κ2) is 7.64.